The number of benzene rings is 1. The lowest BCUT2D eigenvalue weighted by Crippen LogP contribution is -1.85. The summed E-state index contributed by atoms with van der Waals surface area (Å²) in [6, 6.07) is 11.0. The molecule has 12 heavy (non-hydrogen) atoms. The van der Waals surface area contributed by atoms with E-state index in [0.717, 1.165) is 17.8 Å². The topological polar surface area (TPSA) is 0 Å². The van der Waals surface area contributed by atoms with Crippen molar-refractivity contribution in [2.45, 2.75) is 25.2 Å². The van der Waals surface area contributed by atoms with E-state index in [-0.39, 0.29) is 0 Å². The van der Waals surface area contributed by atoms with Gasteiger partial charge >= 0.3 is 0 Å². The summed E-state index contributed by atoms with van der Waals surface area (Å²) >= 11 is 0. The van der Waals surface area contributed by atoms with Gasteiger partial charge in [0.05, 0.1) is 0 Å². The summed E-state index contributed by atoms with van der Waals surface area (Å²) in [4.78, 5) is 0. The molecule has 2 aliphatic carbocycles. The number of hydrogen-bond acceptors (Lipinski definition) is 0. The molecule has 0 heteroatoms. The molecule has 0 spiro atoms. The molecule has 2 saturated carbocycles. The van der Waals surface area contributed by atoms with E-state index in [2.05, 4.69) is 30.3 Å². The van der Waals surface area contributed by atoms with Crippen LogP contribution in [0.5, 0.6) is 0 Å². The molecule has 62 valence electrons. The minimum Gasteiger partial charge on any atom is -0.0622 e. The molecule has 1 aromatic rings. The molecule has 0 amide bonds. The van der Waals surface area contributed by atoms with Gasteiger partial charge in [-0.25, -0.2) is 0 Å². The van der Waals surface area contributed by atoms with Crippen LogP contribution in [-0.4, -0.2) is 0 Å². The van der Waals surface area contributed by atoms with Crippen LogP contribution in [-0.2, 0) is 0 Å². The highest BCUT2D eigenvalue weighted by Gasteiger charge is 2.52. The number of rotatable bonds is 1. The van der Waals surface area contributed by atoms with Gasteiger partial charge in [0.25, 0.3) is 0 Å². The predicted molar refractivity (Wildman–Crippen MR) is 50.0 cm³/mol. The molecule has 0 aromatic heterocycles. The van der Waals surface area contributed by atoms with E-state index in [9.17, 15) is 0 Å². The first-order valence-corrected chi connectivity index (χ1v) is 5.02. The fourth-order valence-corrected chi connectivity index (χ4v) is 2.99. The summed E-state index contributed by atoms with van der Waals surface area (Å²) in [5, 5.41) is 0. The Labute approximate surface area is 73.6 Å². The van der Waals surface area contributed by atoms with Gasteiger partial charge in [-0.15, -0.1) is 0 Å². The average Bonchev–Trinajstić information content (AvgIpc) is 2.62. The normalized spacial score (nSPS) is 37.8. The maximum absolute atomic E-state index is 2.29. The monoisotopic (exact) mass is 158 g/mol. The molecule has 0 heterocycles. The molecule has 1 aromatic carbocycles. The van der Waals surface area contributed by atoms with Gasteiger partial charge in [0.15, 0.2) is 0 Å². The van der Waals surface area contributed by atoms with Crippen LogP contribution in [0.15, 0.2) is 30.3 Å². The maximum atomic E-state index is 2.29. The van der Waals surface area contributed by atoms with Gasteiger partial charge in [0, 0.05) is 0 Å². The van der Waals surface area contributed by atoms with Crippen molar-refractivity contribution in [2.75, 3.05) is 0 Å². The van der Waals surface area contributed by atoms with Crippen LogP contribution >= 0.6 is 0 Å². The quantitative estimate of drug-likeness (QED) is 0.588. The summed E-state index contributed by atoms with van der Waals surface area (Å²) in [5.74, 6) is 3.07. The molecule has 0 nitrogen and oxygen atoms in total. The zero-order chi connectivity index (χ0) is 7.97. The summed E-state index contributed by atoms with van der Waals surface area (Å²) in [5.41, 5.74) is 1.59. The van der Waals surface area contributed by atoms with Crippen LogP contribution in [0.25, 0.3) is 0 Å². The number of fused-ring (bicyclic) bond motifs is 1. The molecule has 0 unspecified atom stereocenters. The molecule has 0 radical (unpaired) electrons. The second-order valence-electron chi connectivity index (χ2n) is 4.20. The van der Waals surface area contributed by atoms with E-state index >= 15 is 0 Å². The zero-order valence-electron chi connectivity index (χ0n) is 7.24. The van der Waals surface area contributed by atoms with E-state index in [0.29, 0.717) is 0 Å². The first-order valence-electron chi connectivity index (χ1n) is 5.02. The van der Waals surface area contributed by atoms with Crippen LogP contribution in [0.4, 0.5) is 0 Å². The van der Waals surface area contributed by atoms with Crippen LogP contribution in [0.1, 0.15) is 30.7 Å². The van der Waals surface area contributed by atoms with Crippen molar-refractivity contribution in [3.8, 4) is 0 Å². The van der Waals surface area contributed by atoms with Crippen LogP contribution in [0, 0.1) is 11.8 Å². The first kappa shape index (κ1) is 6.71. The van der Waals surface area contributed by atoms with Crippen molar-refractivity contribution in [1.82, 2.24) is 0 Å². The molecule has 0 aliphatic heterocycles. The Morgan fingerprint density at radius 1 is 0.917 bits per heavy atom. The lowest BCUT2D eigenvalue weighted by molar-refractivity contribution is 0.682. The Balaban J connectivity index is 1.85. The fourth-order valence-electron chi connectivity index (χ4n) is 2.99. The first-order chi connectivity index (χ1) is 5.97. The van der Waals surface area contributed by atoms with Crippen molar-refractivity contribution in [3.63, 3.8) is 0 Å². The summed E-state index contributed by atoms with van der Waals surface area (Å²) in [6.07, 6.45) is 4.47. The highest BCUT2D eigenvalue weighted by Crippen LogP contribution is 2.62. The third kappa shape index (κ3) is 0.841. The highest BCUT2D eigenvalue weighted by molar-refractivity contribution is 5.29. The summed E-state index contributed by atoms with van der Waals surface area (Å²) in [7, 11) is 0. The second kappa shape index (κ2) is 2.35. The smallest absolute Gasteiger partial charge is 0.00995 e. The van der Waals surface area contributed by atoms with Crippen molar-refractivity contribution in [3.05, 3.63) is 35.9 Å². The van der Waals surface area contributed by atoms with Crippen molar-refractivity contribution in [1.29, 1.82) is 0 Å². The predicted octanol–water partition coefficient (Wildman–Crippen LogP) is 3.20. The van der Waals surface area contributed by atoms with E-state index in [4.69, 9.17) is 0 Å². The summed E-state index contributed by atoms with van der Waals surface area (Å²) < 4.78 is 0. The molecule has 3 rings (SSSR count). The SMILES string of the molecule is c1ccc(C2[C@H]3CCC[C@H]23)cc1. The standard InChI is InChI=1S/C12H14/c1-2-5-9(6-3-1)12-10-7-4-8-11(10)12/h1-3,5-6,10-12H,4,7-8H2/t10-,11-/m0/s1. The van der Waals surface area contributed by atoms with Gasteiger partial charge in [0.1, 0.15) is 0 Å². The molecule has 2 fully saturated rings. The lowest BCUT2D eigenvalue weighted by Gasteiger charge is -2.01. The third-order valence-electron chi connectivity index (χ3n) is 3.59. The van der Waals surface area contributed by atoms with E-state index in [1.807, 2.05) is 0 Å². The van der Waals surface area contributed by atoms with E-state index in [1.54, 1.807) is 5.56 Å². The zero-order valence-corrected chi connectivity index (χ0v) is 7.24. The van der Waals surface area contributed by atoms with Crippen molar-refractivity contribution < 1.29 is 0 Å². The largest absolute Gasteiger partial charge is 0.0622 e. The minimum absolute atomic E-state index is 0.944. The molecule has 2 atom stereocenters. The maximum Gasteiger partial charge on any atom is -0.00995 e. The van der Waals surface area contributed by atoms with Gasteiger partial charge in [-0.05, 0) is 36.2 Å². The Hall–Kier alpha value is -0.780. The van der Waals surface area contributed by atoms with Gasteiger partial charge < -0.3 is 0 Å². The summed E-state index contributed by atoms with van der Waals surface area (Å²) in [6.45, 7) is 0. The molecular formula is C12H14. The van der Waals surface area contributed by atoms with Gasteiger partial charge in [-0.3, -0.25) is 0 Å². The van der Waals surface area contributed by atoms with Crippen molar-refractivity contribution in [2.24, 2.45) is 11.8 Å². The van der Waals surface area contributed by atoms with Gasteiger partial charge in [-0.1, -0.05) is 36.8 Å². The molecule has 0 saturated heterocycles. The third-order valence-corrected chi connectivity index (χ3v) is 3.59. The number of hydrogen-bond donors (Lipinski definition) is 0. The molecule has 0 N–H and O–H groups in total. The van der Waals surface area contributed by atoms with E-state index in [1.165, 1.54) is 19.3 Å². The Morgan fingerprint density at radius 2 is 1.58 bits per heavy atom. The Bertz CT molecular complexity index is 265. The Morgan fingerprint density at radius 3 is 2.25 bits per heavy atom. The van der Waals surface area contributed by atoms with Crippen LogP contribution < -0.4 is 0 Å². The Kier molecular flexibility index (Phi) is 1.31. The second-order valence-corrected chi connectivity index (χ2v) is 4.20. The minimum atomic E-state index is 0.944. The molecule has 0 bridgehead atoms. The highest BCUT2D eigenvalue weighted by atomic mass is 14.6. The van der Waals surface area contributed by atoms with Crippen LogP contribution in [0.3, 0.4) is 0 Å². The fraction of sp³-hybridized carbons (Fsp3) is 0.500. The molecular weight excluding hydrogens is 144 g/mol. The van der Waals surface area contributed by atoms with E-state index < -0.39 is 0 Å². The van der Waals surface area contributed by atoms with Gasteiger partial charge in [0.2, 0.25) is 0 Å². The molecule has 2 aliphatic rings. The van der Waals surface area contributed by atoms with Crippen LogP contribution in [0.2, 0.25) is 0 Å². The van der Waals surface area contributed by atoms with Gasteiger partial charge in [-0.2, -0.15) is 0 Å². The average molecular weight is 158 g/mol. The lowest BCUT2D eigenvalue weighted by atomic mass is 10.0. The van der Waals surface area contributed by atoms with Crippen molar-refractivity contribution >= 4 is 0 Å².